The van der Waals surface area contributed by atoms with Crippen LogP contribution in [0.5, 0.6) is 0 Å². The van der Waals surface area contributed by atoms with Gasteiger partial charge in [0.15, 0.2) is 0 Å². The molecule has 0 spiro atoms. The Labute approximate surface area is 114 Å². The van der Waals surface area contributed by atoms with E-state index in [0.29, 0.717) is 19.8 Å². The summed E-state index contributed by atoms with van der Waals surface area (Å²) in [5.41, 5.74) is 2.56. The molecular weight excluding hydrogens is 236 g/mol. The van der Waals surface area contributed by atoms with E-state index in [4.69, 9.17) is 9.47 Å². The third kappa shape index (κ3) is 2.86. The molecule has 0 aliphatic carbocycles. The van der Waals surface area contributed by atoms with Gasteiger partial charge in [-0.3, -0.25) is 0 Å². The van der Waals surface area contributed by atoms with Crippen molar-refractivity contribution in [2.24, 2.45) is 0 Å². The van der Waals surface area contributed by atoms with Crippen molar-refractivity contribution in [2.45, 2.75) is 12.0 Å². The first-order chi connectivity index (χ1) is 9.45. The van der Waals surface area contributed by atoms with E-state index in [0.717, 1.165) is 0 Å². The first-order valence-corrected chi connectivity index (χ1v) is 6.74. The van der Waals surface area contributed by atoms with E-state index in [9.17, 15) is 0 Å². The molecule has 0 aromatic heterocycles. The summed E-state index contributed by atoms with van der Waals surface area (Å²) in [4.78, 5) is 0. The average molecular weight is 254 g/mol. The highest BCUT2D eigenvalue weighted by Gasteiger charge is 2.27. The van der Waals surface area contributed by atoms with Crippen LogP contribution in [0.4, 0.5) is 0 Å². The number of ether oxygens (including phenoxy) is 2. The van der Waals surface area contributed by atoms with Crippen LogP contribution in [-0.4, -0.2) is 25.9 Å². The van der Waals surface area contributed by atoms with Crippen molar-refractivity contribution in [3.8, 4) is 0 Å². The molecule has 2 heteroatoms. The van der Waals surface area contributed by atoms with Crippen molar-refractivity contribution in [3.63, 3.8) is 0 Å². The number of rotatable bonds is 3. The van der Waals surface area contributed by atoms with Crippen LogP contribution in [0.1, 0.15) is 17.0 Å². The molecule has 1 heterocycles. The minimum Gasteiger partial charge on any atom is -0.376 e. The Hall–Kier alpha value is -1.64. The Morgan fingerprint density at radius 1 is 0.789 bits per heavy atom. The fourth-order valence-corrected chi connectivity index (χ4v) is 2.64. The molecule has 1 saturated heterocycles. The standard InChI is InChI=1S/C17H18O2/c1-3-7-14(8-4-1)17(15-9-5-2-6-10-15)16-13-18-11-12-19-16/h1-10,16-17H,11-13H2. The molecule has 1 aliphatic heterocycles. The van der Waals surface area contributed by atoms with E-state index in [2.05, 4.69) is 48.5 Å². The van der Waals surface area contributed by atoms with Gasteiger partial charge in [-0.1, -0.05) is 60.7 Å². The molecule has 1 aliphatic rings. The molecule has 0 N–H and O–H groups in total. The highest BCUT2D eigenvalue weighted by atomic mass is 16.6. The predicted molar refractivity (Wildman–Crippen MR) is 75.3 cm³/mol. The van der Waals surface area contributed by atoms with Crippen molar-refractivity contribution >= 4 is 0 Å². The Bertz CT molecular complexity index is 450. The Morgan fingerprint density at radius 2 is 1.37 bits per heavy atom. The monoisotopic (exact) mass is 254 g/mol. The van der Waals surface area contributed by atoms with E-state index in [1.807, 2.05) is 12.1 Å². The van der Waals surface area contributed by atoms with Gasteiger partial charge in [-0.2, -0.15) is 0 Å². The zero-order chi connectivity index (χ0) is 12.9. The quantitative estimate of drug-likeness (QED) is 0.837. The van der Waals surface area contributed by atoms with Crippen LogP contribution in [0.3, 0.4) is 0 Å². The van der Waals surface area contributed by atoms with Gasteiger partial charge in [0.2, 0.25) is 0 Å². The molecule has 0 amide bonds. The summed E-state index contributed by atoms with van der Waals surface area (Å²) in [6, 6.07) is 21.1. The third-order valence-corrected chi connectivity index (χ3v) is 3.53. The van der Waals surface area contributed by atoms with E-state index in [-0.39, 0.29) is 12.0 Å². The lowest BCUT2D eigenvalue weighted by molar-refractivity contribution is -0.0936. The van der Waals surface area contributed by atoms with Crippen LogP contribution in [0.15, 0.2) is 60.7 Å². The van der Waals surface area contributed by atoms with Crippen molar-refractivity contribution in [1.82, 2.24) is 0 Å². The van der Waals surface area contributed by atoms with Gasteiger partial charge in [0, 0.05) is 5.92 Å². The van der Waals surface area contributed by atoms with Crippen LogP contribution in [-0.2, 0) is 9.47 Å². The summed E-state index contributed by atoms with van der Waals surface area (Å²) in [5, 5.41) is 0. The lowest BCUT2D eigenvalue weighted by Crippen LogP contribution is -2.34. The SMILES string of the molecule is c1ccc(C(c2ccccc2)C2COCCO2)cc1. The van der Waals surface area contributed by atoms with E-state index < -0.39 is 0 Å². The van der Waals surface area contributed by atoms with Crippen LogP contribution in [0.25, 0.3) is 0 Å². The van der Waals surface area contributed by atoms with Crippen molar-refractivity contribution in [3.05, 3.63) is 71.8 Å². The highest BCUT2D eigenvalue weighted by Crippen LogP contribution is 2.30. The summed E-state index contributed by atoms with van der Waals surface area (Å²) in [5.74, 6) is 0.239. The second-order valence-electron chi connectivity index (χ2n) is 4.78. The minimum absolute atomic E-state index is 0.0959. The first-order valence-electron chi connectivity index (χ1n) is 6.74. The van der Waals surface area contributed by atoms with Crippen LogP contribution < -0.4 is 0 Å². The van der Waals surface area contributed by atoms with Gasteiger partial charge in [-0.05, 0) is 11.1 Å². The fraction of sp³-hybridized carbons (Fsp3) is 0.294. The largest absolute Gasteiger partial charge is 0.376 e. The molecule has 1 fully saturated rings. The number of hydrogen-bond acceptors (Lipinski definition) is 2. The molecule has 0 saturated carbocycles. The van der Waals surface area contributed by atoms with Gasteiger partial charge in [-0.15, -0.1) is 0 Å². The first kappa shape index (κ1) is 12.4. The Balaban J connectivity index is 1.96. The van der Waals surface area contributed by atoms with E-state index >= 15 is 0 Å². The van der Waals surface area contributed by atoms with Gasteiger partial charge < -0.3 is 9.47 Å². The molecule has 2 nitrogen and oxygen atoms in total. The maximum absolute atomic E-state index is 5.92. The topological polar surface area (TPSA) is 18.5 Å². The Kier molecular flexibility index (Phi) is 3.92. The van der Waals surface area contributed by atoms with Crippen molar-refractivity contribution in [1.29, 1.82) is 0 Å². The van der Waals surface area contributed by atoms with Crippen LogP contribution in [0.2, 0.25) is 0 Å². The van der Waals surface area contributed by atoms with Gasteiger partial charge in [0.1, 0.15) is 0 Å². The summed E-state index contributed by atoms with van der Waals surface area (Å²) in [7, 11) is 0. The molecule has 2 aromatic carbocycles. The molecule has 0 radical (unpaired) electrons. The molecule has 19 heavy (non-hydrogen) atoms. The smallest absolute Gasteiger partial charge is 0.0918 e. The molecule has 0 bridgehead atoms. The fourth-order valence-electron chi connectivity index (χ4n) is 2.64. The van der Waals surface area contributed by atoms with Gasteiger partial charge in [-0.25, -0.2) is 0 Å². The maximum Gasteiger partial charge on any atom is 0.0918 e. The predicted octanol–water partition coefficient (Wildman–Crippen LogP) is 3.23. The number of benzene rings is 2. The molecule has 98 valence electrons. The maximum atomic E-state index is 5.92. The number of hydrogen-bond donors (Lipinski definition) is 0. The van der Waals surface area contributed by atoms with Crippen molar-refractivity contribution < 1.29 is 9.47 Å². The molecule has 1 atom stereocenters. The van der Waals surface area contributed by atoms with Crippen LogP contribution >= 0.6 is 0 Å². The molecule has 1 unspecified atom stereocenters. The van der Waals surface area contributed by atoms with Gasteiger partial charge in [0.25, 0.3) is 0 Å². The molecule has 2 aromatic rings. The highest BCUT2D eigenvalue weighted by molar-refractivity contribution is 5.33. The average Bonchev–Trinajstić information content (AvgIpc) is 2.51. The minimum atomic E-state index is 0.0959. The lowest BCUT2D eigenvalue weighted by atomic mass is 9.86. The zero-order valence-corrected chi connectivity index (χ0v) is 10.9. The second kappa shape index (κ2) is 6.00. The van der Waals surface area contributed by atoms with Gasteiger partial charge in [0.05, 0.1) is 25.9 Å². The van der Waals surface area contributed by atoms with Crippen molar-refractivity contribution in [2.75, 3.05) is 19.8 Å². The summed E-state index contributed by atoms with van der Waals surface area (Å²) >= 11 is 0. The summed E-state index contributed by atoms with van der Waals surface area (Å²) < 4.78 is 11.5. The Morgan fingerprint density at radius 3 is 1.84 bits per heavy atom. The third-order valence-electron chi connectivity index (χ3n) is 3.53. The van der Waals surface area contributed by atoms with Gasteiger partial charge >= 0.3 is 0 Å². The van der Waals surface area contributed by atoms with Crippen LogP contribution in [0, 0.1) is 0 Å². The van der Waals surface area contributed by atoms with E-state index in [1.165, 1.54) is 11.1 Å². The summed E-state index contributed by atoms with van der Waals surface area (Å²) in [6.45, 7) is 2.04. The molecule has 3 rings (SSSR count). The van der Waals surface area contributed by atoms with E-state index in [1.54, 1.807) is 0 Å². The zero-order valence-electron chi connectivity index (χ0n) is 10.9. The lowest BCUT2D eigenvalue weighted by Gasteiger charge is -2.31. The normalized spacial score (nSPS) is 19.5. The summed E-state index contributed by atoms with van der Waals surface area (Å²) in [6.07, 6.45) is 0.0959. The molecular formula is C17H18O2. The second-order valence-corrected chi connectivity index (χ2v) is 4.78.